The number of aromatic nitrogens is 11. The minimum absolute atomic E-state index is 0.935. The molecule has 0 saturated heterocycles. The number of hydrogen-bond acceptors (Lipinski definition) is 5. The molecule has 0 unspecified atom stereocenters. The molecule has 30 aromatic rings. The zero-order valence-electron chi connectivity index (χ0n) is 81.0. The predicted octanol–water partition coefficient (Wildman–Crippen LogP) is 35.6. The van der Waals surface area contributed by atoms with Crippen LogP contribution in [0.15, 0.2) is 517 Å². The average Bonchev–Trinajstić information content (AvgIpc) is 1.65. The second kappa shape index (κ2) is 33.7. The predicted molar refractivity (Wildman–Crippen MR) is 620 cm³/mol. The molecule has 0 saturated carbocycles. The quantitative estimate of drug-likeness (QED) is 0.165. The van der Waals surface area contributed by atoms with Crippen molar-refractivity contribution in [2.24, 2.45) is 0 Å². The third-order valence-corrected chi connectivity index (χ3v) is 31.4. The monoisotopic (exact) mass is 1910 g/mol. The van der Waals surface area contributed by atoms with Crippen LogP contribution in [-0.2, 0) is 0 Å². The average molecular weight is 1910 g/mol. The van der Waals surface area contributed by atoms with Gasteiger partial charge >= 0.3 is 0 Å². The molecule has 11 nitrogen and oxygen atoms in total. The standard InChI is InChI=1S/C47H29N3.2C46H28N4/c1-2-13-33-32(12-1)34-14-3-4-16-36(34)38-25-23-30(28-41(38)37-17-6-5-15-35(33)37)49-43-20-9-7-18-39(43)42-29-31(24-26-45(42)49)50-44-21-10-8-19-40(44)47-46(50)22-11-27-48-47;1-2-12-32-31(11-1)33-13-3-4-15-35(33)37-23-21-29(27-41(37)36-16-6-5-14-34(32)36)50-44-24-22-30(28-42(44)40-19-10-26-48-46(40)50)49-43-20-8-7-17-38(43)39-18-9-25-47-45(39)49;1-2-10-32-31(9-1)33-11-3-4-13-35(33)37-19-17-29(25-41(37)36-14-6-5-12-34(32)36)50-44-20-18-30(26-42(44)40-22-24-48-28-46(40)50)49-43-16-8-7-15-38(43)39-21-23-47-27-45(39)49/h1-29H;2*1-28H. The second-order valence-corrected chi connectivity index (χ2v) is 39.2. The van der Waals surface area contributed by atoms with E-state index in [9.17, 15) is 0 Å². The van der Waals surface area contributed by atoms with Gasteiger partial charge in [-0.2, -0.15) is 0 Å². The van der Waals surface area contributed by atoms with Gasteiger partial charge in [0.1, 0.15) is 11.3 Å². The summed E-state index contributed by atoms with van der Waals surface area (Å²) in [6.45, 7) is 0. The molecule has 0 N–H and O–H groups in total. The number of pyridine rings is 5. The second-order valence-electron chi connectivity index (χ2n) is 39.2. The van der Waals surface area contributed by atoms with E-state index in [4.69, 9.17) is 15.0 Å². The molecule has 0 amide bonds. The van der Waals surface area contributed by atoms with Gasteiger partial charge in [0.15, 0.2) is 0 Å². The van der Waals surface area contributed by atoms with Crippen molar-refractivity contribution in [3.05, 3.63) is 517 Å². The first-order chi connectivity index (χ1) is 74.5. The summed E-state index contributed by atoms with van der Waals surface area (Å²) in [5.74, 6) is 0. The van der Waals surface area contributed by atoms with Crippen LogP contribution in [0.4, 0.5) is 0 Å². The van der Waals surface area contributed by atoms with Gasteiger partial charge in [-0.15, -0.1) is 0 Å². The molecule has 3 aliphatic carbocycles. The minimum Gasteiger partial charge on any atom is -0.309 e. The Labute approximate surface area is 861 Å². The molecule has 0 fully saturated rings. The summed E-state index contributed by atoms with van der Waals surface area (Å²) >= 11 is 0. The van der Waals surface area contributed by atoms with E-state index in [0.29, 0.717) is 0 Å². The molecule has 0 bridgehead atoms. The summed E-state index contributed by atoms with van der Waals surface area (Å²) in [5, 5.41) is 13.0. The molecule has 11 aromatic heterocycles. The SMILES string of the molecule is c1ccc2c(c1)-c1ccccc1-c1ccc(-n3c4ccc(-n5c6ccccc6c6cccnc65)cc4c4cccnc43)cc1-c1ccccc1-2.c1ccc2c(c1)-c1ccccc1-c1ccc(-n3c4ccc(-n5c6ccccc6c6ccncc65)cc4c4ccncc43)cc1-c1ccccc1-2.c1ccc2c(c1)-c1ccccc1-c1ccc(-n3c4ccccc4c4cc(-n5c6ccccc6c6ncccc65)ccc43)cc1-c1ccccc1-2. The number of fused-ring (bicyclic) bond motifs is 42. The molecule has 0 spiro atoms. The Balaban J connectivity index is 0.000000101. The molecule has 19 aromatic carbocycles. The normalized spacial score (nSPS) is 12.0. The van der Waals surface area contributed by atoms with Crippen LogP contribution in [0.5, 0.6) is 0 Å². The topological polar surface area (TPSA) is 94.0 Å². The van der Waals surface area contributed by atoms with Gasteiger partial charge in [-0.05, 0) is 297 Å². The minimum atomic E-state index is 0.935. The largest absolute Gasteiger partial charge is 0.309 e. The highest BCUT2D eigenvalue weighted by atomic mass is 15.1. The van der Waals surface area contributed by atoms with E-state index in [1.54, 1.807) is 0 Å². The van der Waals surface area contributed by atoms with Gasteiger partial charge < -0.3 is 18.3 Å². The maximum atomic E-state index is 4.99. The van der Waals surface area contributed by atoms with Gasteiger partial charge in [0.05, 0.1) is 73.1 Å². The first-order valence-electron chi connectivity index (χ1n) is 51.1. The molecule has 0 aliphatic heterocycles. The molecule has 0 radical (unpaired) electrons. The summed E-state index contributed by atoms with van der Waals surface area (Å²) in [5.41, 5.74) is 50.7. The summed E-state index contributed by atoms with van der Waals surface area (Å²) in [6, 6.07) is 172. The van der Waals surface area contributed by atoms with Gasteiger partial charge in [-0.1, -0.05) is 309 Å². The van der Waals surface area contributed by atoms with Crippen molar-refractivity contribution in [2.75, 3.05) is 0 Å². The van der Waals surface area contributed by atoms with E-state index < -0.39 is 0 Å². The fourth-order valence-electron chi connectivity index (χ4n) is 25.1. The number of hydrogen-bond donors (Lipinski definition) is 0. The third kappa shape index (κ3) is 12.8. The fraction of sp³-hybridized carbons (Fsp3) is 0. The van der Waals surface area contributed by atoms with E-state index in [1.807, 2.05) is 61.6 Å². The number of rotatable bonds is 6. The van der Waals surface area contributed by atoms with Gasteiger partial charge in [-0.3, -0.25) is 24.1 Å². The highest BCUT2D eigenvalue weighted by Gasteiger charge is 2.31. The molecule has 33 rings (SSSR count). The lowest BCUT2D eigenvalue weighted by molar-refractivity contribution is 1.12. The van der Waals surface area contributed by atoms with Crippen molar-refractivity contribution in [2.45, 2.75) is 0 Å². The van der Waals surface area contributed by atoms with E-state index in [0.717, 1.165) is 111 Å². The van der Waals surface area contributed by atoms with Crippen molar-refractivity contribution in [1.29, 1.82) is 0 Å². The maximum Gasteiger partial charge on any atom is 0.145 e. The van der Waals surface area contributed by atoms with E-state index in [-0.39, 0.29) is 0 Å². The molecular formula is C139H85N11. The highest BCUT2D eigenvalue weighted by Crippen LogP contribution is 2.55. The Morgan fingerprint density at radius 2 is 0.327 bits per heavy atom. The van der Waals surface area contributed by atoms with Crippen LogP contribution >= 0.6 is 0 Å². The Kier molecular flexibility index (Phi) is 18.9. The lowest BCUT2D eigenvalue weighted by Gasteiger charge is -2.24. The number of nitrogens with zero attached hydrogens (tertiary/aromatic N) is 11. The van der Waals surface area contributed by atoms with Gasteiger partial charge in [0, 0.05) is 124 Å². The molecule has 3 aliphatic rings. The van der Waals surface area contributed by atoms with Crippen molar-refractivity contribution in [1.82, 2.24) is 52.3 Å². The van der Waals surface area contributed by atoms with Crippen LogP contribution in [0.2, 0.25) is 0 Å². The molecule has 150 heavy (non-hydrogen) atoms. The smallest absolute Gasteiger partial charge is 0.145 e. The van der Waals surface area contributed by atoms with Crippen molar-refractivity contribution >= 4 is 131 Å². The fourth-order valence-corrected chi connectivity index (χ4v) is 25.1. The number of benzene rings is 19. The van der Waals surface area contributed by atoms with Crippen LogP contribution < -0.4 is 0 Å². The first-order valence-corrected chi connectivity index (χ1v) is 51.1. The van der Waals surface area contributed by atoms with Gasteiger partial charge in [0.2, 0.25) is 0 Å². The van der Waals surface area contributed by atoms with E-state index in [1.165, 1.54) is 188 Å². The molecule has 11 heteroatoms. The van der Waals surface area contributed by atoms with Crippen LogP contribution in [0, 0.1) is 0 Å². The van der Waals surface area contributed by atoms with Crippen LogP contribution in [0.25, 0.3) is 299 Å². The molecule has 696 valence electrons. The molecule has 11 heterocycles. The van der Waals surface area contributed by atoms with Crippen molar-refractivity contribution in [3.63, 3.8) is 0 Å². The van der Waals surface area contributed by atoms with Gasteiger partial charge in [0.25, 0.3) is 0 Å². The summed E-state index contributed by atoms with van der Waals surface area (Å²) in [6.07, 6.45) is 13.4. The summed E-state index contributed by atoms with van der Waals surface area (Å²) < 4.78 is 14.1. The van der Waals surface area contributed by atoms with Crippen LogP contribution in [0.3, 0.4) is 0 Å². The summed E-state index contributed by atoms with van der Waals surface area (Å²) in [4.78, 5) is 23.7. The zero-order chi connectivity index (χ0) is 98.3. The Bertz CT molecular complexity index is 9790. The van der Waals surface area contributed by atoms with Crippen LogP contribution in [0.1, 0.15) is 0 Å². The Morgan fingerprint density at radius 3 is 0.700 bits per heavy atom. The first kappa shape index (κ1) is 84.3. The van der Waals surface area contributed by atoms with E-state index >= 15 is 0 Å². The van der Waals surface area contributed by atoms with Crippen molar-refractivity contribution < 1.29 is 0 Å². The summed E-state index contributed by atoms with van der Waals surface area (Å²) in [7, 11) is 0. The maximum absolute atomic E-state index is 4.99. The highest BCUT2D eigenvalue weighted by molar-refractivity contribution is 6.18. The zero-order valence-corrected chi connectivity index (χ0v) is 81.0. The molecular weight excluding hydrogens is 1820 g/mol. The molecule has 0 atom stereocenters. The van der Waals surface area contributed by atoms with Crippen LogP contribution in [-0.4, -0.2) is 52.3 Å². The lowest BCUT2D eigenvalue weighted by Crippen LogP contribution is -2.00. The van der Waals surface area contributed by atoms with E-state index in [2.05, 4.69) is 492 Å². The van der Waals surface area contributed by atoms with Crippen molar-refractivity contribution in [3.8, 4) is 168 Å². The van der Waals surface area contributed by atoms with Gasteiger partial charge in [-0.25, -0.2) is 9.97 Å². The Morgan fingerprint density at radius 1 is 0.120 bits per heavy atom. The number of para-hydroxylation sites is 4. The lowest BCUT2D eigenvalue weighted by atomic mass is 9.81. The third-order valence-electron chi connectivity index (χ3n) is 31.4. The Hall–Kier alpha value is -20.3.